The maximum Gasteiger partial charge on any atom is 0.0928 e. The van der Waals surface area contributed by atoms with Crippen molar-refractivity contribution >= 4 is 37.7 Å². The van der Waals surface area contributed by atoms with Gasteiger partial charge in [0.05, 0.1) is 9.07 Å². The standard InChI is InChI=1S/C6H12Br2N2/c1-2-3-6(7,8)4-5(9)10/h2-4H2,1H3,(H3,9,10). The summed E-state index contributed by atoms with van der Waals surface area (Å²) in [6.07, 6.45) is 2.61. The molecule has 0 bridgehead atoms. The summed E-state index contributed by atoms with van der Waals surface area (Å²) < 4.78 is -0.152. The lowest BCUT2D eigenvalue weighted by Gasteiger charge is -2.17. The highest BCUT2D eigenvalue weighted by Gasteiger charge is 2.21. The minimum Gasteiger partial charge on any atom is -0.388 e. The van der Waals surface area contributed by atoms with Crippen LogP contribution in [0.15, 0.2) is 0 Å². The van der Waals surface area contributed by atoms with Crippen LogP contribution in [0.2, 0.25) is 0 Å². The average molecular weight is 272 g/mol. The molecule has 0 spiro atoms. The Labute approximate surface area is 78.3 Å². The normalized spacial score (nSPS) is 11.5. The Bertz CT molecular complexity index is 123. The molecule has 0 aromatic heterocycles. The molecule has 0 aliphatic rings. The number of hydrogen-bond donors (Lipinski definition) is 2. The van der Waals surface area contributed by atoms with Gasteiger partial charge in [0.1, 0.15) is 0 Å². The van der Waals surface area contributed by atoms with Gasteiger partial charge in [0.15, 0.2) is 0 Å². The molecule has 0 atom stereocenters. The molecule has 0 radical (unpaired) electrons. The minimum absolute atomic E-state index is 0.152. The monoisotopic (exact) mass is 270 g/mol. The van der Waals surface area contributed by atoms with Crippen LogP contribution in [0.1, 0.15) is 26.2 Å². The Morgan fingerprint density at radius 2 is 2.10 bits per heavy atom. The molecule has 0 rings (SSSR count). The summed E-state index contributed by atoms with van der Waals surface area (Å²) in [6.45, 7) is 2.09. The van der Waals surface area contributed by atoms with Crippen molar-refractivity contribution in [2.45, 2.75) is 29.4 Å². The third kappa shape index (κ3) is 5.23. The number of hydrogen-bond acceptors (Lipinski definition) is 1. The van der Waals surface area contributed by atoms with Crippen molar-refractivity contribution in [3.05, 3.63) is 0 Å². The smallest absolute Gasteiger partial charge is 0.0928 e. The average Bonchev–Trinajstić information content (AvgIpc) is 1.59. The molecule has 0 aliphatic heterocycles. The quantitative estimate of drug-likeness (QED) is 0.461. The first kappa shape index (κ1) is 10.4. The maximum atomic E-state index is 7.05. The zero-order valence-electron chi connectivity index (χ0n) is 5.95. The van der Waals surface area contributed by atoms with Gasteiger partial charge in [-0.05, 0) is 6.42 Å². The molecule has 3 N–H and O–H groups in total. The molecule has 0 aromatic rings. The van der Waals surface area contributed by atoms with Gasteiger partial charge in [-0.25, -0.2) is 0 Å². The van der Waals surface area contributed by atoms with Crippen LogP contribution in [0, 0.1) is 5.41 Å². The fourth-order valence-electron chi connectivity index (χ4n) is 0.733. The van der Waals surface area contributed by atoms with Gasteiger partial charge in [-0.1, -0.05) is 45.2 Å². The lowest BCUT2D eigenvalue weighted by atomic mass is 10.2. The van der Waals surface area contributed by atoms with E-state index in [0.29, 0.717) is 6.42 Å². The molecule has 0 fully saturated rings. The largest absolute Gasteiger partial charge is 0.388 e. The van der Waals surface area contributed by atoms with E-state index in [-0.39, 0.29) is 9.07 Å². The number of amidine groups is 1. The summed E-state index contributed by atoms with van der Waals surface area (Å²) in [5.41, 5.74) is 5.23. The van der Waals surface area contributed by atoms with Crippen LogP contribution in [0.5, 0.6) is 0 Å². The molecule has 0 heterocycles. The van der Waals surface area contributed by atoms with E-state index in [4.69, 9.17) is 11.1 Å². The van der Waals surface area contributed by atoms with Gasteiger partial charge in [0.25, 0.3) is 0 Å². The Morgan fingerprint density at radius 3 is 2.40 bits per heavy atom. The SMILES string of the molecule is CCCC(Br)(Br)CC(=N)N. The zero-order chi connectivity index (χ0) is 8.20. The van der Waals surface area contributed by atoms with Gasteiger partial charge in [0.2, 0.25) is 0 Å². The molecular weight excluding hydrogens is 260 g/mol. The number of alkyl halides is 2. The van der Waals surface area contributed by atoms with Gasteiger partial charge < -0.3 is 5.73 Å². The van der Waals surface area contributed by atoms with E-state index in [2.05, 4.69) is 38.8 Å². The topological polar surface area (TPSA) is 49.9 Å². The summed E-state index contributed by atoms with van der Waals surface area (Å²) in [5.74, 6) is 0.210. The van der Waals surface area contributed by atoms with Gasteiger partial charge in [-0.15, -0.1) is 0 Å². The van der Waals surface area contributed by atoms with Gasteiger partial charge in [0, 0.05) is 6.42 Å². The highest BCUT2D eigenvalue weighted by atomic mass is 79.9. The van der Waals surface area contributed by atoms with Crippen LogP contribution in [0.25, 0.3) is 0 Å². The first-order valence-corrected chi connectivity index (χ1v) is 4.77. The van der Waals surface area contributed by atoms with Crippen LogP contribution >= 0.6 is 31.9 Å². The lowest BCUT2D eigenvalue weighted by molar-refractivity contribution is 0.734. The molecule has 0 saturated carbocycles. The molecule has 0 unspecified atom stereocenters. The summed E-state index contributed by atoms with van der Waals surface area (Å²) in [6, 6.07) is 0. The van der Waals surface area contributed by atoms with E-state index in [0.717, 1.165) is 12.8 Å². The highest BCUT2D eigenvalue weighted by molar-refractivity contribution is 9.25. The number of nitrogens with two attached hydrogens (primary N) is 1. The minimum atomic E-state index is -0.152. The predicted octanol–water partition coefficient (Wildman–Crippen LogP) is 2.60. The van der Waals surface area contributed by atoms with E-state index in [1.165, 1.54) is 0 Å². The third-order valence-electron chi connectivity index (χ3n) is 1.06. The molecule has 10 heavy (non-hydrogen) atoms. The van der Waals surface area contributed by atoms with Crippen molar-refractivity contribution in [1.82, 2.24) is 0 Å². The molecule has 60 valence electrons. The van der Waals surface area contributed by atoms with Gasteiger partial charge in [-0.2, -0.15) is 0 Å². The number of halogens is 2. The van der Waals surface area contributed by atoms with Crippen LogP contribution in [-0.4, -0.2) is 9.07 Å². The van der Waals surface area contributed by atoms with Crippen molar-refractivity contribution in [3.63, 3.8) is 0 Å². The summed E-state index contributed by atoms with van der Waals surface area (Å²) >= 11 is 6.88. The second-order valence-corrected chi connectivity index (χ2v) is 6.41. The van der Waals surface area contributed by atoms with Crippen LogP contribution < -0.4 is 5.73 Å². The Balaban J connectivity index is 3.74. The number of nitrogens with one attached hydrogen (secondary N) is 1. The third-order valence-corrected chi connectivity index (χ3v) is 2.42. The summed E-state index contributed by atoms with van der Waals surface area (Å²) in [7, 11) is 0. The molecule has 0 aliphatic carbocycles. The molecule has 4 heteroatoms. The first-order chi connectivity index (χ1) is 4.48. The van der Waals surface area contributed by atoms with Crippen molar-refractivity contribution in [2.24, 2.45) is 5.73 Å². The summed E-state index contributed by atoms with van der Waals surface area (Å²) in [4.78, 5) is 0. The second-order valence-electron chi connectivity index (χ2n) is 2.31. The fourth-order valence-corrected chi connectivity index (χ4v) is 2.13. The van der Waals surface area contributed by atoms with E-state index < -0.39 is 0 Å². The molecule has 0 saturated heterocycles. The highest BCUT2D eigenvalue weighted by Crippen LogP contribution is 2.34. The summed E-state index contributed by atoms with van der Waals surface area (Å²) in [5, 5.41) is 7.05. The van der Waals surface area contributed by atoms with E-state index >= 15 is 0 Å². The van der Waals surface area contributed by atoms with Crippen LogP contribution in [-0.2, 0) is 0 Å². The van der Waals surface area contributed by atoms with Crippen LogP contribution in [0.4, 0.5) is 0 Å². The van der Waals surface area contributed by atoms with E-state index in [1.807, 2.05) is 0 Å². The first-order valence-electron chi connectivity index (χ1n) is 3.18. The Hall–Kier alpha value is 0.430. The Kier molecular flexibility index (Phi) is 4.52. The maximum absolute atomic E-state index is 7.05. The lowest BCUT2D eigenvalue weighted by Crippen LogP contribution is -2.21. The van der Waals surface area contributed by atoms with Crippen molar-refractivity contribution in [1.29, 1.82) is 5.41 Å². The van der Waals surface area contributed by atoms with E-state index in [1.54, 1.807) is 0 Å². The predicted molar refractivity (Wildman–Crippen MR) is 52.0 cm³/mol. The zero-order valence-corrected chi connectivity index (χ0v) is 9.13. The van der Waals surface area contributed by atoms with Crippen molar-refractivity contribution in [2.75, 3.05) is 0 Å². The molecule has 0 aromatic carbocycles. The molecule has 0 amide bonds. The van der Waals surface area contributed by atoms with Gasteiger partial charge >= 0.3 is 0 Å². The fraction of sp³-hybridized carbons (Fsp3) is 0.833. The van der Waals surface area contributed by atoms with Crippen LogP contribution in [0.3, 0.4) is 0 Å². The van der Waals surface area contributed by atoms with E-state index in [9.17, 15) is 0 Å². The van der Waals surface area contributed by atoms with Gasteiger partial charge in [-0.3, -0.25) is 5.41 Å². The van der Waals surface area contributed by atoms with Crippen molar-refractivity contribution < 1.29 is 0 Å². The molecular formula is C6H12Br2N2. The second kappa shape index (κ2) is 4.34. The Morgan fingerprint density at radius 1 is 1.60 bits per heavy atom. The van der Waals surface area contributed by atoms with Crippen molar-refractivity contribution in [3.8, 4) is 0 Å². The molecule has 2 nitrogen and oxygen atoms in total. The number of rotatable bonds is 4.